The van der Waals surface area contributed by atoms with Gasteiger partial charge in [0.25, 0.3) is 0 Å². The molecule has 1 atom stereocenters. The van der Waals surface area contributed by atoms with Crippen LogP contribution in [0.25, 0.3) is 0 Å². The molecule has 0 spiro atoms. The predicted octanol–water partition coefficient (Wildman–Crippen LogP) is 3.47. The predicted molar refractivity (Wildman–Crippen MR) is 77.0 cm³/mol. The van der Waals surface area contributed by atoms with Gasteiger partial charge in [-0.15, -0.1) is 0 Å². The minimum atomic E-state index is 0.0912. The van der Waals surface area contributed by atoms with Gasteiger partial charge in [-0.05, 0) is 49.6 Å². The van der Waals surface area contributed by atoms with E-state index in [1.54, 1.807) is 6.26 Å². The number of nitrogens with two attached hydrogens (primary N) is 1. The third-order valence-corrected chi connectivity index (χ3v) is 3.64. The van der Waals surface area contributed by atoms with Crippen LogP contribution in [-0.2, 0) is 6.54 Å². The van der Waals surface area contributed by atoms with E-state index >= 15 is 0 Å². The highest BCUT2D eigenvalue weighted by Crippen LogP contribution is 2.33. The molecule has 0 unspecified atom stereocenters. The smallest absolute Gasteiger partial charge is 0.123 e. The van der Waals surface area contributed by atoms with Gasteiger partial charge in [0.1, 0.15) is 5.76 Å². The number of rotatable bonds is 5. The average molecular weight is 256 g/mol. The van der Waals surface area contributed by atoms with Gasteiger partial charge in [0, 0.05) is 17.8 Å². The summed E-state index contributed by atoms with van der Waals surface area (Å²) in [6, 6.07) is 13.3. The summed E-state index contributed by atoms with van der Waals surface area (Å²) in [4.78, 5) is 2.42. The monoisotopic (exact) mass is 256 g/mol. The van der Waals surface area contributed by atoms with Crippen LogP contribution < -0.4 is 10.6 Å². The van der Waals surface area contributed by atoms with Crippen molar-refractivity contribution >= 4 is 5.69 Å². The molecule has 3 rings (SSSR count). The molecule has 2 N–H and O–H groups in total. The van der Waals surface area contributed by atoms with E-state index in [0.29, 0.717) is 6.04 Å². The standard InChI is InChI=1S/C16H20N2O/c1-12(17)13-4-6-14(7-5-13)18(15-8-9-15)11-16-3-2-10-19-16/h2-7,10,12,15H,8-9,11,17H2,1H3/t12-/m0/s1. The lowest BCUT2D eigenvalue weighted by Crippen LogP contribution is -2.24. The van der Waals surface area contributed by atoms with Crippen molar-refractivity contribution in [3.63, 3.8) is 0 Å². The van der Waals surface area contributed by atoms with Crippen molar-refractivity contribution in [1.29, 1.82) is 0 Å². The summed E-state index contributed by atoms with van der Waals surface area (Å²) in [5, 5.41) is 0. The fraction of sp³-hybridized carbons (Fsp3) is 0.375. The van der Waals surface area contributed by atoms with Crippen LogP contribution in [0.4, 0.5) is 5.69 Å². The highest BCUT2D eigenvalue weighted by atomic mass is 16.3. The van der Waals surface area contributed by atoms with Gasteiger partial charge in [-0.1, -0.05) is 12.1 Å². The summed E-state index contributed by atoms with van der Waals surface area (Å²) in [6.45, 7) is 2.85. The Morgan fingerprint density at radius 3 is 2.53 bits per heavy atom. The first-order chi connectivity index (χ1) is 9.24. The Morgan fingerprint density at radius 2 is 2.00 bits per heavy atom. The Morgan fingerprint density at radius 1 is 1.26 bits per heavy atom. The summed E-state index contributed by atoms with van der Waals surface area (Å²) in [5.74, 6) is 1.02. The van der Waals surface area contributed by atoms with Gasteiger partial charge in [-0.2, -0.15) is 0 Å². The molecule has 19 heavy (non-hydrogen) atoms. The molecule has 2 aromatic rings. The molecule has 100 valence electrons. The first-order valence-electron chi connectivity index (χ1n) is 6.88. The van der Waals surface area contributed by atoms with Crippen LogP contribution in [0.1, 0.15) is 37.1 Å². The van der Waals surface area contributed by atoms with Gasteiger partial charge in [0.2, 0.25) is 0 Å². The molecule has 0 saturated heterocycles. The second-order valence-electron chi connectivity index (χ2n) is 5.32. The summed E-state index contributed by atoms with van der Waals surface area (Å²) < 4.78 is 5.46. The molecule has 0 radical (unpaired) electrons. The minimum Gasteiger partial charge on any atom is -0.467 e. The lowest BCUT2D eigenvalue weighted by Gasteiger charge is -2.24. The van der Waals surface area contributed by atoms with Crippen LogP contribution in [0, 0.1) is 0 Å². The lowest BCUT2D eigenvalue weighted by atomic mass is 10.1. The maximum atomic E-state index is 5.89. The molecule has 3 nitrogen and oxygen atoms in total. The molecule has 3 heteroatoms. The Kier molecular flexibility index (Phi) is 3.30. The maximum absolute atomic E-state index is 5.89. The molecule has 1 saturated carbocycles. The molecule has 1 aliphatic carbocycles. The van der Waals surface area contributed by atoms with E-state index in [2.05, 4.69) is 29.2 Å². The highest BCUT2D eigenvalue weighted by Gasteiger charge is 2.29. The summed E-state index contributed by atoms with van der Waals surface area (Å²) in [5.41, 5.74) is 8.32. The van der Waals surface area contributed by atoms with Crippen LogP contribution in [0.15, 0.2) is 47.1 Å². The Hall–Kier alpha value is -1.74. The quantitative estimate of drug-likeness (QED) is 0.890. The maximum Gasteiger partial charge on any atom is 0.123 e. The van der Waals surface area contributed by atoms with Gasteiger partial charge in [-0.25, -0.2) is 0 Å². The first kappa shape index (κ1) is 12.3. The fourth-order valence-corrected chi connectivity index (χ4v) is 2.36. The van der Waals surface area contributed by atoms with Crippen LogP contribution in [0.3, 0.4) is 0 Å². The largest absolute Gasteiger partial charge is 0.467 e. The van der Waals surface area contributed by atoms with Crippen molar-refractivity contribution in [1.82, 2.24) is 0 Å². The van der Waals surface area contributed by atoms with Gasteiger partial charge in [-0.3, -0.25) is 0 Å². The van der Waals surface area contributed by atoms with Crippen molar-refractivity contribution < 1.29 is 4.42 Å². The third kappa shape index (κ3) is 2.82. The van der Waals surface area contributed by atoms with Gasteiger partial charge in [0.05, 0.1) is 12.8 Å². The minimum absolute atomic E-state index is 0.0912. The molecule has 1 aromatic carbocycles. The van der Waals surface area contributed by atoms with E-state index in [0.717, 1.165) is 12.3 Å². The fourth-order valence-electron chi connectivity index (χ4n) is 2.36. The number of nitrogens with zero attached hydrogens (tertiary/aromatic N) is 1. The van der Waals surface area contributed by atoms with E-state index in [4.69, 9.17) is 10.2 Å². The Bertz CT molecular complexity index is 512. The summed E-state index contributed by atoms with van der Waals surface area (Å²) in [6.07, 6.45) is 4.28. The van der Waals surface area contributed by atoms with Crippen molar-refractivity contribution in [2.45, 2.75) is 38.4 Å². The third-order valence-electron chi connectivity index (χ3n) is 3.64. The number of hydrogen-bond donors (Lipinski definition) is 1. The van der Waals surface area contributed by atoms with Crippen molar-refractivity contribution in [2.75, 3.05) is 4.90 Å². The summed E-state index contributed by atoms with van der Waals surface area (Å²) in [7, 11) is 0. The Balaban J connectivity index is 1.79. The zero-order valence-electron chi connectivity index (χ0n) is 11.3. The number of benzene rings is 1. The second-order valence-corrected chi connectivity index (χ2v) is 5.32. The molecule has 0 amide bonds. The molecule has 1 fully saturated rings. The van der Waals surface area contributed by atoms with Crippen molar-refractivity contribution in [2.24, 2.45) is 5.73 Å². The number of furan rings is 1. The van der Waals surface area contributed by atoms with Crippen molar-refractivity contribution in [3.05, 3.63) is 54.0 Å². The molecule has 0 aliphatic heterocycles. The topological polar surface area (TPSA) is 42.4 Å². The molecule has 1 aromatic heterocycles. The van der Waals surface area contributed by atoms with E-state index < -0.39 is 0 Å². The lowest BCUT2D eigenvalue weighted by molar-refractivity contribution is 0.501. The Labute approximate surface area is 114 Å². The van der Waals surface area contributed by atoms with E-state index in [-0.39, 0.29) is 6.04 Å². The summed E-state index contributed by atoms with van der Waals surface area (Å²) >= 11 is 0. The van der Waals surface area contributed by atoms with Gasteiger partial charge in [0.15, 0.2) is 0 Å². The molecule has 1 aliphatic rings. The van der Waals surface area contributed by atoms with Crippen LogP contribution in [0.2, 0.25) is 0 Å². The SMILES string of the molecule is C[C@H](N)c1ccc(N(Cc2ccco2)C2CC2)cc1. The molecule has 0 bridgehead atoms. The highest BCUT2D eigenvalue weighted by molar-refractivity contribution is 5.50. The van der Waals surface area contributed by atoms with E-state index in [1.807, 2.05) is 19.1 Å². The van der Waals surface area contributed by atoms with Gasteiger partial charge >= 0.3 is 0 Å². The molecule has 1 heterocycles. The normalized spacial score (nSPS) is 16.3. The van der Waals surface area contributed by atoms with E-state index in [9.17, 15) is 0 Å². The van der Waals surface area contributed by atoms with Gasteiger partial charge < -0.3 is 15.1 Å². The number of anilines is 1. The zero-order valence-corrected chi connectivity index (χ0v) is 11.3. The molecular formula is C16H20N2O. The number of hydrogen-bond acceptors (Lipinski definition) is 3. The van der Waals surface area contributed by atoms with Crippen LogP contribution in [0.5, 0.6) is 0 Å². The van der Waals surface area contributed by atoms with Crippen LogP contribution in [-0.4, -0.2) is 6.04 Å². The molecular weight excluding hydrogens is 236 g/mol. The van der Waals surface area contributed by atoms with Crippen LogP contribution >= 0.6 is 0 Å². The first-order valence-corrected chi connectivity index (χ1v) is 6.88. The second kappa shape index (κ2) is 5.10. The zero-order chi connectivity index (χ0) is 13.2. The van der Waals surface area contributed by atoms with Crippen molar-refractivity contribution in [3.8, 4) is 0 Å². The average Bonchev–Trinajstić information content (AvgIpc) is 3.13. The van der Waals surface area contributed by atoms with E-state index in [1.165, 1.54) is 24.1 Å².